The maximum atomic E-state index is 14.1. The molecule has 0 heterocycles. The van der Waals surface area contributed by atoms with Crippen LogP contribution < -0.4 is 5.32 Å². The van der Waals surface area contributed by atoms with E-state index < -0.39 is 47.2 Å². The largest absolute Gasteiger partial charge is 0.471 e. The van der Waals surface area contributed by atoms with Gasteiger partial charge in [0.25, 0.3) is 0 Å². The van der Waals surface area contributed by atoms with E-state index in [9.17, 15) is 32.3 Å². The Hall–Kier alpha value is -2.37. The second-order valence-corrected chi connectivity index (χ2v) is 12.3. The molecule has 2 saturated carbocycles. The summed E-state index contributed by atoms with van der Waals surface area (Å²) in [4.78, 5) is 56.1. The molecule has 12 heteroatoms. The first kappa shape index (κ1) is 32.8. The van der Waals surface area contributed by atoms with Crippen molar-refractivity contribution in [2.75, 3.05) is 34.7 Å². The molecule has 3 amide bonds. The molecule has 39 heavy (non-hydrogen) atoms. The molecule has 0 saturated heterocycles. The van der Waals surface area contributed by atoms with Crippen LogP contribution in [0.15, 0.2) is 0 Å². The van der Waals surface area contributed by atoms with E-state index in [1.807, 2.05) is 0 Å². The predicted molar refractivity (Wildman–Crippen MR) is 139 cm³/mol. The first-order chi connectivity index (χ1) is 17.9. The van der Waals surface area contributed by atoms with E-state index in [2.05, 4.69) is 5.32 Å². The summed E-state index contributed by atoms with van der Waals surface area (Å²) in [5.74, 6) is -3.49. The van der Waals surface area contributed by atoms with E-state index in [4.69, 9.17) is 4.74 Å². The van der Waals surface area contributed by atoms with E-state index in [-0.39, 0.29) is 24.8 Å². The number of carbonyl (C=O) groups is 4. The maximum Gasteiger partial charge on any atom is 0.471 e. The number of hydrogen-bond acceptors (Lipinski definition) is 6. The fourth-order valence-electron chi connectivity index (χ4n) is 5.88. The lowest BCUT2D eigenvalue weighted by molar-refractivity contribution is -0.176. The van der Waals surface area contributed by atoms with Crippen molar-refractivity contribution >= 4 is 23.7 Å². The summed E-state index contributed by atoms with van der Waals surface area (Å²) >= 11 is 0. The van der Waals surface area contributed by atoms with Crippen molar-refractivity contribution in [3.63, 3.8) is 0 Å². The Morgan fingerprint density at radius 1 is 0.923 bits per heavy atom. The van der Waals surface area contributed by atoms with Crippen LogP contribution in [-0.2, 0) is 23.9 Å². The van der Waals surface area contributed by atoms with E-state index in [0.29, 0.717) is 25.7 Å². The van der Waals surface area contributed by atoms with Gasteiger partial charge in [-0.25, -0.2) is 0 Å². The monoisotopic (exact) mass is 562 g/mol. The van der Waals surface area contributed by atoms with Crippen molar-refractivity contribution in [3.05, 3.63) is 0 Å². The fourth-order valence-corrected chi connectivity index (χ4v) is 5.88. The average molecular weight is 563 g/mol. The quantitative estimate of drug-likeness (QED) is 0.411. The third-order valence-corrected chi connectivity index (χ3v) is 7.64. The number of halogens is 3. The molecular formula is C27H45F3N4O5. The molecule has 0 aromatic carbocycles. The summed E-state index contributed by atoms with van der Waals surface area (Å²) in [6.45, 7) is 5.20. The SMILES string of the molecule is CN(C)C(=O)[C@H](CC(=O)OC(C)(C)C)N(C)C(=O)[C@H](C1CCCC1)N(C)CC1(NC(=O)C(F)(F)F)CCCC1. The molecule has 0 aromatic heterocycles. The molecule has 0 aromatic rings. The summed E-state index contributed by atoms with van der Waals surface area (Å²) in [5, 5.41) is 2.23. The summed E-state index contributed by atoms with van der Waals surface area (Å²) in [6.07, 6.45) is 0.109. The van der Waals surface area contributed by atoms with Gasteiger partial charge < -0.3 is 19.9 Å². The van der Waals surface area contributed by atoms with Gasteiger partial charge in [0.05, 0.1) is 18.0 Å². The lowest BCUT2D eigenvalue weighted by atomic mass is 9.91. The highest BCUT2D eigenvalue weighted by molar-refractivity contribution is 5.92. The zero-order chi connectivity index (χ0) is 29.8. The highest BCUT2D eigenvalue weighted by atomic mass is 19.4. The van der Waals surface area contributed by atoms with Gasteiger partial charge in [-0.1, -0.05) is 25.7 Å². The number of hydrogen-bond donors (Lipinski definition) is 1. The zero-order valence-corrected chi connectivity index (χ0v) is 24.3. The van der Waals surface area contributed by atoms with Crippen LogP contribution in [0.5, 0.6) is 0 Å². The van der Waals surface area contributed by atoms with E-state index in [0.717, 1.165) is 25.7 Å². The third kappa shape index (κ3) is 9.08. The Labute approximate surface area is 229 Å². The number of rotatable bonds is 10. The molecule has 0 spiro atoms. The molecule has 2 atom stereocenters. The van der Waals surface area contributed by atoms with Gasteiger partial charge in [0.15, 0.2) is 0 Å². The predicted octanol–water partition coefficient (Wildman–Crippen LogP) is 3.12. The topological polar surface area (TPSA) is 99.3 Å². The summed E-state index contributed by atoms with van der Waals surface area (Å²) in [6, 6.07) is -1.83. The Morgan fingerprint density at radius 3 is 1.92 bits per heavy atom. The molecule has 2 rings (SSSR count). The molecule has 0 radical (unpaired) electrons. The van der Waals surface area contributed by atoms with Gasteiger partial charge in [-0.3, -0.25) is 24.1 Å². The Morgan fingerprint density at radius 2 is 1.46 bits per heavy atom. The van der Waals surface area contributed by atoms with Gasteiger partial charge >= 0.3 is 18.1 Å². The minimum atomic E-state index is -5.00. The molecule has 1 N–H and O–H groups in total. The minimum absolute atomic E-state index is 0.0634. The van der Waals surface area contributed by atoms with Crippen LogP contribution in [0.1, 0.15) is 78.6 Å². The van der Waals surface area contributed by atoms with Gasteiger partial charge in [0.1, 0.15) is 11.6 Å². The normalized spacial score (nSPS) is 19.5. The second kappa shape index (κ2) is 12.9. The average Bonchev–Trinajstić information content (AvgIpc) is 3.47. The van der Waals surface area contributed by atoms with Gasteiger partial charge in [-0.2, -0.15) is 13.2 Å². The molecule has 2 aliphatic carbocycles. The van der Waals surface area contributed by atoms with E-state index >= 15 is 0 Å². The Kier molecular flexibility index (Phi) is 10.8. The number of nitrogens with zero attached hydrogens (tertiary/aromatic N) is 3. The summed E-state index contributed by atoms with van der Waals surface area (Å²) in [5.41, 5.74) is -1.87. The first-order valence-electron chi connectivity index (χ1n) is 13.7. The molecule has 9 nitrogen and oxygen atoms in total. The van der Waals surface area contributed by atoms with Gasteiger partial charge in [-0.15, -0.1) is 0 Å². The van der Waals surface area contributed by atoms with Crippen LogP contribution in [0.4, 0.5) is 13.2 Å². The van der Waals surface area contributed by atoms with Crippen LogP contribution in [-0.4, -0.2) is 103 Å². The number of nitrogens with one attached hydrogen (secondary N) is 1. The van der Waals surface area contributed by atoms with Crippen molar-refractivity contribution < 1.29 is 37.1 Å². The van der Waals surface area contributed by atoms with Crippen LogP contribution >= 0.6 is 0 Å². The minimum Gasteiger partial charge on any atom is -0.460 e. The van der Waals surface area contributed by atoms with Crippen LogP contribution in [0.25, 0.3) is 0 Å². The highest BCUT2D eigenvalue weighted by Gasteiger charge is 2.47. The van der Waals surface area contributed by atoms with Gasteiger partial charge in [0.2, 0.25) is 11.8 Å². The van der Waals surface area contributed by atoms with Crippen molar-refractivity contribution in [1.82, 2.24) is 20.0 Å². The van der Waals surface area contributed by atoms with Crippen LogP contribution in [0, 0.1) is 5.92 Å². The van der Waals surface area contributed by atoms with E-state index in [1.54, 1.807) is 32.7 Å². The van der Waals surface area contributed by atoms with Gasteiger partial charge in [0, 0.05) is 27.7 Å². The zero-order valence-electron chi connectivity index (χ0n) is 24.3. The van der Waals surface area contributed by atoms with Crippen LogP contribution in [0.2, 0.25) is 0 Å². The second-order valence-electron chi connectivity index (χ2n) is 12.3. The van der Waals surface area contributed by atoms with E-state index in [1.165, 1.54) is 30.9 Å². The number of amides is 3. The lowest BCUT2D eigenvalue weighted by Crippen LogP contribution is -2.61. The lowest BCUT2D eigenvalue weighted by Gasteiger charge is -2.41. The molecule has 224 valence electrons. The number of alkyl halides is 3. The molecular weight excluding hydrogens is 517 g/mol. The van der Waals surface area contributed by atoms with Crippen LogP contribution in [0.3, 0.4) is 0 Å². The summed E-state index contributed by atoms with van der Waals surface area (Å²) in [7, 11) is 6.24. The van der Waals surface area contributed by atoms with Crippen molar-refractivity contribution in [3.8, 4) is 0 Å². The smallest absolute Gasteiger partial charge is 0.460 e. The fraction of sp³-hybridized carbons (Fsp3) is 0.852. The maximum absolute atomic E-state index is 14.1. The Bertz CT molecular complexity index is 891. The molecule has 2 fully saturated rings. The first-order valence-corrected chi connectivity index (χ1v) is 13.7. The number of esters is 1. The van der Waals surface area contributed by atoms with Crippen molar-refractivity contribution in [2.45, 2.75) is 108 Å². The third-order valence-electron chi connectivity index (χ3n) is 7.64. The number of likely N-dealkylation sites (N-methyl/N-ethyl adjacent to an activating group) is 3. The highest BCUT2D eigenvalue weighted by Crippen LogP contribution is 2.36. The molecule has 0 aliphatic heterocycles. The molecule has 0 unspecified atom stereocenters. The van der Waals surface area contributed by atoms with Gasteiger partial charge in [-0.05, 0) is 59.4 Å². The molecule has 2 aliphatic rings. The van der Waals surface area contributed by atoms with Crippen molar-refractivity contribution in [1.29, 1.82) is 0 Å². The number of carbonyl (C=O) groups excluding carboxylic acids is 4. The Balaban J connectivity index is 2.34. The standard InChI is InChI=1S/C27H45F3N4O5/c1-25(2,3)39-20(35)16-19(22(36)32(4)5)34(7)23(37)21(18-12-8-9-13-18)33(6)17-26(14-10-11-15-26)31-24(38)27(28,29)30/h18-19,21H,8-17H2,1-7H3,(H,31,38)/t19-,21-/m0/s1. The molecule has 0 bridgehead atoms. The summed E-state index contributed by atoms with van der Waals surface area (Å²) < 4.78 is 44.8. The number of ether oxygens (including phenoxy) is 1. The van der Waals surface area contributed by atoms with Crippen molar-refractivity contribution in [2.24, 2.45) is 5.92 Å².